The van der Waals surface area contributed by atoms with Crippen molar-refractivity contribution < 1.29 is 17.9 Å². The first-order chi connectivity index (χ1) is 8.52. The first kappa shape index (κ1) is 13.2. The standard InChI is InChI=1S/C13H16F3NO/c1-2-10-9-11(13(14,15)16)3-4-12(10)17-5-7-18-8-6-17/h3-4,9H,2,5-8H2,1H3. The number of ether oxygens (including phenoxy) is 1. The van der Waals surface area contributed by atoms with Crippen LogP contribution >= 0.6 is 0 Å². The van der Waals surface area contributed by atoms with Gasteiger partial charge in [0.15, 0.2) is 0 Å². The van der Waals surface area contributed by atoms with Gasteiger partial charge >= 0.3 is 6.18 Å². The maximum Gasteiger partial charge on any atom is 0.416 e. The molecule has 1 aliphatic heterocycles. The highest BCUT2D eigenvalue weighted by Crippen LogP contribution is 2.33. The third-order valence-electron chi connectivity index (χ3n) is 3.14. The number of aryl methyl sites for hydroxylation is 1. The number of benzene rings is 1. The molecule has 1 heterocycles. The summed E-state index contributed by atoms with van der Waals surface area (Å²) in [5.41, 5.74) is 1.07. The van der Waals surface area contributed by atoms with Crippen molar-refractivity contribution >= 4 is 5.69 Å². The SMILES string of the molecule is CCc1cc(C(F)(F)F)ccc1N1CCOCC1. The highest BCUT2D eigenvalue weighted by Gasteiger charge is 2.31. The molecule has 0 N–H and O–H groups in total. The molecule has 0 aromatic heterocycles. The summed E-state index contributed by atoms with van der Waals surface area (Å²) in [4.78, 5) is 2.09. The number of halogens is 3. The molecular formula is C13H16F3NO. The third kappa shape index (κ3) is 2.77. The summed E-state index contributed by atoms with van der Waals surface area (Å²) in [5, 5.41) is 0. The molecule has 1 aromatic rings. The minimum atomic E-state index is -4.27. The van der Waals surface area contributed by atoms with Crippen LogP contribution in [0.15, 0.2) is 18.2 Å². The van der Waals surface area contributed by atoms with Crippen LogP contribution in [0.3, 0.4) is 0 Å². The van der Waals surface area contributed by atoms with Gasteiger partial charge in [0.25, 0.3) is 0 Å². The van der Waals surface area contributed by atoms with Crippen molar-refractivity contribution in [2.45, 2.75) is 19.5 Å². The van der Waals surface area contributed by atoms with E-state index in [9.17, 15) is 13.2 Å². The normalized spacial score (nSPS) is 17.0. The van der Waals surface area contributed by atoms with Crippen molar-refractivity contribution in [1.82, 2.24) is 0 Å². The lowest BCUT2D eigenvalue weighted by atomic mass is 10.0. The number of nitrogens with zero attached hydrogens (tertiary/aromatic N) is 1. The van der Waals surface area contributed by atoms with Gasteiger partial charge in [-0.1, -0.05) is 6.92 Å². The third-order valence-corrected chi connectivity index (χ3v) is 3.14. The van der Waals surface area contributed by atoms with Crippen LogP contribution in [-0.2, 0) is 17.3 Å². The Hall–Kier alpha value is -1.23. The zero-order valence-electron chi connectivity index (χ0n) is 10.3. The van der Waals surface area contributed by atoms with Crippen LogP contribution in [0.1, 0.15) is 18.1 Å². The first-order valence-electron chi connectivity index (χ1n) is 6.05. The fourth-order valence-electron chi connectivity index (χ4n) is 2.16. The zero-order valence-corrected chi connectivity index (χ0v) is 10.3. The number of hydrogen-bond acceptors (Lipinski definition) is 2. The highest BCUT2D eigenvalue weighted by atomic mass is 19.4. The largest absolute Gasteiger partial charge is 0.416 e. The summed E-state index contributed by atoms with van der Waals surface area (Å²) in [6.07, 6.45) is -3.68. The van der Waals surface area contributed by atoms with Gasteiger partial charge in [-0.05, 0) is 30.2 Å². The van der Waals surface area contributed by atoms with Crippen LogP contribution < -0.4 is 4.90 Å². The fraction of sp³-hybridized carbons (Fsp3) is 0.538. The molecule has 1 fully saturated rings. The van der Waals surface area contributed by atoms with Crippen molar-refractivity contribution in [2.75, 3.05) is 31.2 Å². The van der Waals surface area contributed by atoms with Crippen LogP contribution in [-0.4, -0.2) is 26.3 Å². The van der Waals surface area contributed by atoms with E-state index in [0.717, 1.165) is 30.4 Å². The van der Waals surface area contributed by atoms with Crippen molar-refractivity contribution in [3.8, 4) is 0 Å². The molecule has 0 bridgehead atoms. The van der Waals surface area contributed by atoms with Crippen LogP contribution in [0.4, 0.5) is 18.9 Å². The number of alkyl halides is 3. The van der Waals surface area contributed by atoms with Crippen LogP contribution in [0, 0.1) is 0 Å². The fourth-order valence-corrected chi connectivity index (χ4v) is 2.16. The average molecular weight is 259 g/mol. The topological polar surface area (TPSA) is 12.5 Å². The van der Waals surface area contributed by atoms with E-state index in [2.05, 4.69) is 4.90 Å². The van der Waals surface area contributed by atoms with Crippen LogP contribution in [0.5, 0.6) is 0 Å². The van der Waals surface area contributed by atoms with E-state index in [-0.39, 0.29) is 0 Å². The van der Waals surface area contributed by atoms with Gasteiger partial charge in [-0.2, -0.15) is 13.2 Å². The van der Waals surface area contributed by atoms with E-state index >= 15 is 0 Å². The van der Waals surface area contributed by atoms with E-state index in [0.29, 0.717) is 19.6 Å². The quantitative estimate of drug-likeness (QED) is 0.809. The molecule has 0 atom stereocenters. The zero-order chi connectivity index (χ0) is 13.2. The Bertz CT molecular complexity index is 411. The van der Waals surface area contributed by atoms with Gasteiger partial charge in [-0.25, -0.2) is 0 Å². The predicted molar refractivity (Wildman–Crippen MR) is 63.9 cm³/mol. The number of anilines is 1. The van der Waals surface area contributed by atoms with Gasteiger partial charge in [-0.3, -0.25) is 0 Å². The molecule has 100 valence electrons. The van der Waals surface area contributed by atoms with Gasteiger partial charge in [0.05, 0.1) is 18.8 Å². The van der Waals surface area contributed by atoms with Crippen molar-refractivity contribution in [3.05, 3.63) is 29.3 Å². The lowest BCUT2D eigenvalue weighted by molar-refractivity contribution is -0.137. The Kier molecular flexibility index (Phi) is 3.80. The van der Waals surface area contributed by atoms with Crippen LogP contribution in [0.25, 0.3) is 0 Å². The number of hydrogen-bond donors (Lipinski definition) is 0. The molecule has 0 unspecified atom stereocenters. The summed E-state index contributed by atoms with van der Waals surface area (Å²) in [7, 11) is 0. The Labute approximate surface area is 104 Å². The summed E-state index contributed by atoms with van der Waals surface area (Å²) in [6, 6.07) is 3.99. The molecular weight excluding hydrogens is 243 g/mol. The number of rotatable bonds is 2. The average Bonchev–Trinajstić information content (AvgIpc) is 2.38. The molecule has 2 nitrogen and oxygen atoms in total. The second-order valence-electron chi connectivity index (χ2n) is 4.29. The maximum absolute atomic E-state index is 12.6. The molecule has 0 amide bonds. The maximum atomic E-state index is 12.6. The van der Waals surface area contributed by atoms with Gasteiger partial charge in [0.1, 0.15) is 0 Å². The van der Waals surface area contributed by atoms with E-state index < -0.39 is 11.7 Å². The Balaban J connectivity index is 2.30. The summed E-state index contributed by atoms with van der Waals surface area (Å²) < 4.78 is 43.2. The summed E-state index contributed by atoms with van der Waals surface area (Å²) in [6.45, 7) is 4.60. The summed E-state index contributed by atoms with van der Waals surface area (Å²) >= 11 is 0. The molecule has 0 spiro atoms. The molecule has 1 aromatic carbocycles. The minimum Gasteiger partial charge on any atom is -0.378 e. The lowest BCUT2D eigenvalue weighted by Gasteiger charge is -2.30. The van der Waals surface area contributed by atoms with Gasteiger partial charge in [0, 0.05) is 18.8 Å². The van der Waals surface area contributed by atoms with Crippen molar-refractivity contribution in [1.29, 1.82) is 0 Å². The first-order valence-corrected chi connectivity index (χ1v) is 6.05. The van der Waals surface area contributed by atoms with Crippen molar-refractivity contribution in [3.63, 3.8) is 0 Å². The molecule has 1 aliphatic rings. The predicted octanol–water partition coefficient (Wildman–Crippen LogP) is 3.10. The molecule has 0 radical (unpaired) electrons. The highest BCUT2D eigenvalue weighted by molar-refractivity contribution is 5.55. The van der Waals surface area contributed by atoms with E-state index in [1.165, 1.54) is 6.07 Å². The van der Waals surface area contributed by atoms with E-state index in [1.807, 2.05) is 6.92 Å². The van der Waals surface area contributed by atoms with E-state index in [4.69, 9.17) is 4.74 Å². The smallest absolute Gasteiger partial charge is 0.378 e. The molecule has 0 aliphatic carbocycles. The molecule has 0 saturated carbocycles. The van der Waals surface area contributed by atoms with Crippen molar-refractivity contribution in [2.24, 2.45) is 0 Å². The molecule has 2 rings (SSSR count). The monoisotopic (exact) mass is 259 g/mol. The van der Waals surface area contributed by atoms with Gasteiger partial charge in [0.2, 0.25) is 0 Å². The van der Waals surface area contributed by atoms with Crippen LogP contribution in [0.2, 0.25) is 0 Å². The summed E-state index contributed by atoms with van der Waals surface area (Å²) in [5.74, 6) is 0. The number of morpholine rings is 1. The van der Waals surface area contributed by atoms with Gasteiger partial charge in [-0.15, -0.1) is 0 Å². The van der Waals surface area contributed by atoms with Gasteiger partial charge < -0.3 is 9.64 Å². The Morgan fingerprint density at radius 2 is 1.89 bits per heavy atom. The second-order valence-corrected chi connectivity index (χ2v) is 4.29. The van der Waals surface area contributed by atoms with E-state index in [1.54, 1.807) is 6.07 Å². The lowest BCUT2D eigenvalue weighted by Crippen LogP contribution is -2.36. The Morgan fingerprint density at radius 1 is 1.22 bits per heavy atom. The molecule has 1 saturated heterocycles. The minimum absolute atomic E-state index is 0.573. The molecule has 5 heteroatoms. The second kappa shape index (κ2) is 5.18. The molecule has 18 heavy (non-hydrogen) atoms. The Morgan fingerprint density at radius 3 is 2.44 bits per heavy atom.